The lowest BCUT2D eigenvalue weighted by Gasteiger charge is -2.35. The van der Waals surface area contributed by atoms with E-state index in [2.05, 4.69) is 21.8 Å². The van der Waals surface area contributed by atoms with Crippen molar-refractivity contribution in [2.45, 2.75) is 6.92 Å². The summed E-state index contributed by atoms with van der Waals surface area (Å²) in [5.41, 5.74) is 1.55. The highest BCUT2D eigenvalue weighted by atomic mass is 16.2. The molecule has 0 unspecified atom stereocenters. The monoisotopic (exact) mass is 331 g/mol. The maximum absolute atomic E-state index is 12.7. The molecule has 2 amide bonds. The summed E-state index contributed by atoms with van der Waals surface area (Å²) in [7, 11) is 2.12. The first-order chi connectivity index (χ1) is 11.5. The minimum absolute atomic E-state index is 0.0471. The molecule has 0 spiro atoms. The van der Waals surface area contributed by atoms with Crippen LogP contribution in [0.4, 0.5) is 5.69 Å². The topological polar surface area (TPSA) is 60.0 Å². The Balaban J connectivity index is 1.65. The molecular weight excluding hydrogens is 306 g/mol. The summed E-state index contributed by atoms with van der Waals surface area (Å²) in [6.07, 6.45) is 1.71. The summed E-state index contributed by atoms with van der Waals surface area (Å²) in [6, 6.07) is 3.86. The number of pyridine rings is 1. The molecule has 2 saturated heterocycles. The third-order valence-electron chi connectivity index (χ3n) is 4.84. The van der Waals surface area contributed by atoms with E-state index < -0.39 is 0 Å². The van der Waals surface area contributed by atoms with E-state index in [4.69, 9.17) is 0 Å². The standard InChI is InChI=1S/C17H25N5O2/c1-14(23)20-9-11-22(12-10-20)17(24)16-13-15(3-4-18-16)21-7-5-19(2)6-8-21/h3-4,13H,5-12H2,1-2H3. The van der Waals surface area contributed by atoms with Gasteiger partial charge in [0.2, 0.25) is 5.91 Å². The number of aromatic nitrogens is 1. The Morgan fingerprint density at radius 2 is 1.58 bits per heavy atom. The summed E-state index contributed by atoms with van der Waals surface area (Å²) >= 11 is 0. The molecule has 0 atom stereocenters. The van der Waals surface area contributed by atoms with Crippen molar-refractivity contribution in [1.82, 2.24) is 19.7 Å². The number of piperazine rings is 2. The fourth-order valence-electron chi connectivity index (χ4n) is 3.18. The van der Waals surface area contributed by atoms with Crippen molar-refractivity contribution >= 4 is 17.5 Å². The molecule has 0 N–H and O–H groups in total. The molecular formula is C17H25N5O2. The van der Waals surface area contributed by atoms with Crippen LogP contribution in [0, 0.1) is 0 Å². The van der Waals surface area contributed by atoms with Gasteiger partial charge < -0.3 is 19.6 Å². The quantitative estimate of drug-likeness (QED) is 0.771. The van der Waals surface area contributed by atoms with Crippen LogP contribution in [0.5, 0.6) is 0 Å². The van der Waals surface area contributed by atoms with E-state index in [1.54, 1.807) is 22.9 Å². The van der Waals surface area contributed by atoms with E-state index in [1.807, 2.05) is 12.1 Å². The molecule has 0 saturated carbocycles. The second-order valence-electron chi connectivity index (χ2n) is 6.49. The minimum atomic E-state index is -0.0471. The normalized spacial score (nSPS) is 19.5. The van der Waals surface area contributed by atoms with Crippen molar-refractivity contribution in [2.24, 2.45) is 0 Å². The van der Waals surface area contributed by atoms with Crippen LogP contribution in [0.15, 0.2) is 18.3 Å². The number of amides is 2. The van der Waals surface area contributed by atoms with Gasteiger partial charge in [0.25, 0.3) is 5.91 Å². The van der Waals surface area contributed by atoms with E-state index in [9.17, 15) is 9.59 Å². The second-order valence-corrected chi connectivity index (χ2v) is 6.49. The smallest absolute Gasteiger partial charge is 0.272 e. The van der Waals surface area contributed by atoms with E-state index >= 15 is 0 Å². The predicted octanol–water partition coefficient (Wildman–Crippen LogP) is 0.138. The Morgan fingerprint density at radius 3 is 2.21 bits per heavy atom. The minimum Gasteiger partial charge on any atom is -0.369 e. The van der Waals surface area contributed by atoms with Crippen LogP contribution in [0.1, 0.15) is 17.4 Å². The van der Waals surface area contributed by atoms with Crippen molar-refractivity contribution in [3.63, 3.8) is 0 Å². The third-order valence-corrected chi connectivity index (χ3v) is 4.84. The lowest BCUT2D eigenvalue weighted by Crippen LogP contribution is -2.50. The van der Waals surface area contributed by atoms with E-state index in [1.165, 1.54) is 0 Å². The number of rotatable bonds is 2. The average molecular weight is 331 g/mol. The molecule has 1 aromatic heterocycles. The van der Waals surface area contributed by atoms with Gasteiger partial charge in [-0.3, -0.25) is 14.6 Å². The SMILES string of the molecule is CC(=O)N1CCN(C(=O)c2cc(N3CCN(C)CC3)ccn2)CC1. The molecule has 0 bridgehead atoms. The van der Waals surface area contributed by atoms with Crippen molar-refractivity contribution in [1.29, 1.82) is 0 Å². The lowest BCUT2D eigenvalue weighted by atomic mass is 10.2. The van der Waals surface area contributed by atoms with E-state index in [-0.39, 0.29) is 11.8 Å². The molecule has 0 radical (unpaired) electrons. The first-order valence-corrected chi connectivity index (χ1v) is 8.49. The number of likely N-dealkylation sites (N-methyl/N-ethyl adjacent to an activating group) is 1. The fourth-order valence-corrected chi connectivity index (χ4v) is 3.18. The Hall–Kier alpha value is -2.15. The number of hydrogen-bond donors (Lipinski definition) is 0. The zero-order valence-corrected chi connectivity index (χ0v) is 14.4. The first kappa shape index (κ1) is 16.7. The zero-order chi connectivity index (χ0) is 17.1. The van der Waals surface area contributed by atoms with Crippen LogP contribution in [-0.4, -0.2) is 90.9 Å². The molecule has 2 aliphatic heterocycles. The summed E-state index contributed by atoms with van der Waals surface area (Å²) in [5.74, 6) is 0.0199. The molecule has 7 nitrogen and oxygen atoms in total. The number of carbonyl (C=O) groups excluding carboxylic acids is 2. The molecule has 3 rings (SSSR count). The Morgan fingerprint density at radius 1 is 0.958 bits per heavy atom. The van der Waals surface area contributed by atoms with Crippen LogP contribution in [0.3, 0.4) is 0 Å². The fraction of sp³-hybridized carbons (Fsp3) is 0.588. The van der Waals surface area contributed by atoms with E-state index in [0.717, 1.165) is 31.9 Å². The molecule has 3 heterocycles. The largest absolute Gasteiger partial charge is 0.369 e. The summed E-state index contributed by atoms with van der Waals surface area (Å²) in [4.78, 5) is 36.5. The number of anilines is 1. The van der Waals surface area contributed by atoms with Gasteiger partial charge in [0.15, 0.2) is 0 Å². The van der Waals surface area contributed by atoms with Crippen molar-refractivity contribution in [3.05, 3.63) is 24.0 Å². The first-order valence-electron chi connectivity index (χ1n) is 8.49. The van der Waals surface area contributed by atoms with E-state index in [0.29, 0.717) is 31.9 Å². The molecule has 0 aliphatic carbocycles. The van der Waals surface area contributed by atoms with Crippen molar-refractivity contribution in [2.75, 3.05) is 64.3 Å². The second kappa shape index (κ2) is 7.17. The van der Waals surface area contributed by atoms with Gasteiger partial charge in [0.1, 0.15) is 5.69 Å². The molecule has 7 heteroatoms. The summed E-state index contributed by atoms with van der Waals surface area (Å²) in [5, 5.41) is 0. The Labute approximate surface area is 142 Å². The summed E-state index contributed by atoms with van der Waals surface area (Å²) in [6.45, 7) is 7.88. The van der Waals surface area contributed by atoms with Gasteiger partial charge in [-0.1, -0.05) is 0 Å². The lowest BCUT2D eigenvalue weighted by molar-refractivity contribution is -0.130. The van der Waals surface area contributed by atoms with Gasteiger partial charge >= 0.3 is 0 Å². The van der Waals surface area contributed by atoms with Gasteiger partial charge in [-0.2, -0.15) is 0 Å². The van der Waals surface area contributed by atoms with Crippen LogP contribution in [-0.2, 0) is 4.79 Å². The van der Waals surface area contributed by atoms with Gasteiger partial charge in [0.05, 0.1) is 0 Å². The Kier molecular flexibility index (Phi) is 4.99. The van der Waals surface area contributed by atoms with Crippen LogP contribution >= 0.6 is 0 Å². The van der Waals surface area contributed by atoms with Crippen LogP contribution < -0.4 is 4.90 Å². The number of nitrogens with zero attached hydrogens (tertiary/aromatic N) is 5. The van der Waals surface area contributed by atoms with Crippen LogP contribution in [0.2, 0.25) is 0 Å². The molecule has 130 valence electrons. The highest BCUT2D eigenvalue weighted by Crippen LogP contribution is 2.18. The van der Waals surface area contributed by atoms with Crippen molar-refractivity contribution in [3.8, 4) is 0 Å². The molecule has 24 heavy (non-hydrogen) atoms. The molecule has 2 fully saturated rings. The molecule has 0 aromatic carbocycles. The third kappa shape index (κ3) is 3.67. The highest BCUT2D eigenvalue weighted by Gasteiger charge is 2.24. The molecule has 1 aromatic rings. The summed E-state index contributed by atoms with van der Waals surface area (Å²) < 4.78 is 0. The van der Waals surface area contributed by atoms with Crippen LogP contribution in [0.25, 0.3) is 0 Å². The van der Waals surface area contributed by atoms with Gasteiger partial charge in [-0.05, 0) is 19.2 Å². The predicted molar refractivity (Wildman–Crippen MR) is 92.1 cm³/mol. The maximum atomic E-state index is 12.7. The molecule has 2 aliphatic rings. The number of carbonyl (C=O) groups is 2. The maximum Gasteiger partial charge on any atom is 0.272 e. The zero-order valence-electron chi connectivity index (χ0n) is 14.4. The van der Waals surface area contributed by atoms with Gasteiger partial charge in [-0.15, -0.1) is 0 Å². The van der Waals surface area contributed by atoms with Gasteiger partial charge in [-0.25, -0.2) is 0 Å². The highest BCUT2D eigenvalue weighted by molar-refractivity contribution is 5.93. The average Bonchev–Trinajstić information content (AvgIpc) is 2.62. The van der Waals surface area contributed by atoms with Gasteiger partial charge in [0, 0.05) is 71.2 Å². The van der Waals surface area contributed by atoms with Crippen molar-refractivity contribution < 1.29 is 9.59 Å². The Bertz CT molecular complexity index is 605. The number of hydrogen-bond acceptors (Lipinski definition) is 5.